The summed E-state index contributed by atoms with van der Waals surface area (Å²) in [6.07, 6.45) is -2.50. The Balaban J connectivity index is 1.67. The first kappa shape index (κ1) is 17.4. The summed E-state index contributed by atoms with van der Waals surface area (Å²) in [5.74, 6) is -1.79. The van der Waals surface area contributed by atoms with Crippen molar-refractivity contribution in [3.8, 4) is 10.6 Å². The number of nitrogens with zero attached hydrogens (tertiary/aromatic N) is 2. The summed E-state index contributed by atoms with van der Waals surface area (Å²) in [5.41, 5.74) is 9.56. The molecule has 0 radical (unpaired) electrons. The SMILES string of the molecule is Cc1nc(C(=O)O)sc1-c1cccc(C2CC(F)C3NNNC3C2F)n1. The zero-order chi connectivity index (χ0) is 18.4. The zero-order valence-corrected chi connectivity index (χ0v) is 14.6. The second kappa shape index (κ2) is 6.62. The number of nitrogens with one attached hydrogen (secondary N) is 3. The Hall–Kier alpha value is -2.01. The third-order valence-electron chi connectivity index (χ3n) is 4.82. The van der Waals surface area contributed by atoms with Crippen molar-refractivity contribution in [2.24, 2.45) is 0 Å². The number of rotatable bonds is 3. The van der Waals surface area contributed by atoms with Gasteiger partial charge in [0.15, 0.2) is 0 Å². The monoisotopic (exact) mass is 381 g/mol. The number of aromatic carboxylic acids is 1. The topological polar surface area (TPSA) is 99.2 Å². The Labute approximate surface area is 151 Å². The Morgan fingerprint density at radius 1 is 1.27 bits per heavy atom. The molecule has 4 rings (SSSR count). The molecule has 2 aliphatic rings. The quantitative estimate of drug-likeness (QED) is 0.643. The number of aromatic nitrogens is 2. The molecule has 2 aromatic rings. The van der Waals surface area contributed by atoms with Crippen molar-refractivity contribution in [3.05, 3.63) is 34.6 Å². The molecule has 3 heterocycles. The molecule has 1 aliphatic carbocycles. The molecular formula is C16H17F2N5O2S. The van der Waals surface area contributed by atoms with Crippen LogP contribution in [0.5, 0.6) is 0 Å². The van der Waals surface area contributed by atoms with Gasteiger partial charge in [0.2, 0.25) is 5.01 Å². The number of fused-ring (bicyclic) bond motifs is 1. The minimum atomic E-state index is -1.31. The van der Waals surface area contributed by atoms with Crippen molar-refractivity contribution in [2.45, 2.75) is 43.7 Å². The predicted molar refractivity (Wildman–Crippen MR) is 91.2 cm³/mol. The van der Waals surface area contributed by atoms with Gasteiger partial charge in [-0.25, -0.2) is 29.4 Å². The molecule has 5 unspecified atom stereocenters. The lowest BCUT2D eigenvalue weighted by Crippen LogP contribution is -2.53. The predicted octanol–water partition coefficient (Wildman–Crippen LogP) is 1.72. The highest BCUT2D eigenvalue weighted by molar-refractivity contribution is 7.17. The van der Waals surface area contributed by atoms with Crippen LogP contribution in [0, 0.1) is 6.92 Å². The molecule has 2 aromatic heterocycles. The Kier molecular flexibility index (Phi) is 4.43. The van der Waals surface area contributed by atoms with Gasteiger partial charge in [-0.05, 0) is 25.5 Å². The van der Waals surface area contributed by atoms with Crippen LogP contribution in [0.3, 0.4) is 0 Å². The van der Waals surface area contributed by atoms with E-state index >= 15 is 0 Å². The van der Waals surface area contributed by atoms with E-state index < -0.39 is 36.3 Å². The van der Waals surface area contributed by atoms with Crippen molar-refractivity contribution < 1.29 is 18.7 Å². The lowest BCUT2D eigenvalue weighted by molar-refractivity contribution is 0.0696. The summed E-state index contributed by atoms with van der Waals surface area (Å²) in [4.78, 5) is 20.3. The molecule has 0 bridgehead atoms. The number of pyridine rings is 1. The molecule has 0 aromatic carbocycles. The van der Waals surface area contributed by atoms with Gasteiger partial charge in [-0.3, -0.25) is 4.98 Å². The zero-order valence-electron chi connectivity index (χ0n) is 13.7. The Bertz CT molecular complexity index is 848. The number of carboxylic acid groups (broad SMARTS) is 1. The van der Waals surface area contributed by atoms with Gasteiger partial charge in [0.25, 0.3) is 0 Å². The lowest BCUT2D eigenvalue weighted by Gasteiger charge is -2.36. The van der Waals surface area contributed by atoms with Crippen molar-refractivity contribution in [1.82, 2.24) is 26.4 Å². The maximum Gasteiger partial charge on any atom is 0.365 e. The number of hydrazine groups is 2. The van der Waals surface area contributed by atoms with E-state index in [4.69, 9.17) is 5.11 Å². The lowest BCUT2D eigenvalue weighted by atomic mass is 9.78. The molecule has 1 aliphatic heterocycles. The van der Waals surface area contributed by atoms with Crippen LogP contribution in [0.25, 0.3) is 10.6 Å². The molecule has 0 amide bonds. The van der Waals surface area contributed by atoms with E-state index in [0.717, 1.165) is 11.3 Å². The average Bonchev–Trinajstić information content (AvgIpc) is 3.25. The fraction of sp³-hybridized carbons (Fsp3) is 0.438. The van der Waals surface area contributed by atoms with Gasteiger partial charge in [0, 0.05) is 11.6 Å². The van der Waals surface area contributed by atoms with Gasteiger partial charge >= 0.3 is 5.97 Å². The minimum Gasteiger partial charge on any atom is -0.476 e. The van der Waals surface area contributed by atoms with E-state index in [1.165, 1.54) is 0 Å². The standard InChI is InChI=1S/C16H17F2N5O2S/c1-6-14(26-15(19-6)16(24)25)10-4-2-3-9(20-10)7-5-8(17)12-13(11(7)18)22-23-21-12/h2-4,7-8,11-13,21-23H,5H2,1H3,(H,24,25). The number of hydrogen-bond acceptors (Lipinski definition) is 7. The smallest absolute Gasteiger partial charge is 0.365 e. The first-order chi connectivity index (χ1) is 12.5. The molecule has 5 atom stereocenters. The molecule has 7 nitrogen and oxygen atoms in total. The summed E-state index contributed by atoms with van der Waals surface area (Å²) in [5, 5.41) is 9.07. The van der Waals surface area contributed by atoms with Gasteiger partial charge in [-0.2, -0.15) is 5.53 Å². The highest BCUT2D eigenvalue weighted by Gasteiger charge is 2.49. The third kappa shape index (κ3) is 2.88. The molecule has 138 valence electrons. The van der Waals surface area contributed by atoms with Crippen LogP contribution in [0.2, 0.25) is 0 Å². The van der Waals surface area contributed by atoms with Crippen molar-refractivity contribution >= 4 is 17.3 Å². The number of halogens is 2. The van der Waals surface area contributed by atoms with Gasteiger partial charge < -0.3 is 5.11 Å². The maximum atomic E-state index is 14.9. The second-order valence-corrected chi connectivity index (χ2v) is 7.45. The number of thiazole rings is 1. The van der Waals surface area contributed by atoms with E-state index in [1.54, 1.807) is 25.1 Å². The summed E-state index contributed by atoms with van der Waals surface area (Å²) in [6.45, 7) is 1.70. The van der Waals surface area contributed by atoms with E-state index in [9.17, 15) is 13.6 Å². The number of carbonyl (C=O) groups is 1. The number of carboxylic acids is 1. The number of aryl methyl sites for hydroxylation is 1. The summed E-state index contributed by atoms with van der Waals surface area (Å²) in [6, 6.07) is 3.82. The minimum absolute atomic E-state index is 0.0234. The molecule has 0 spiro atoms. The molecule has 26 heavy (non-hydrogen) atoms. The molecular weight excluding hydrogens is 364 g/mol. The summed E-state index contributed by atoms with van der Waals surface area (Å²) in [7, 11) is 0. The third-order valence-corrected chi connectivity index (χ3v) is 5.99. The van der Waals surface area contributed by atoms with Crippen LogP contribution in [0.15, 0.2) is 18.2 Å². The molecule has 1 saturated carbocycles. The highest BCUT2D eigenvalue weighted by atomic mass is 32.1. The first-order valence-corrected chi connectivity index (χ1v) is 8.99. The highest BCUT2D eigenvalue weighted by Crippen LogP contribution is 2.38. The van der Waals surface area contributed by atoms with Crippen LogP contribution in [0.1, 0.15) is 33.5 Å². The molecule has 10 heteroatoms. The van der Waals surface area contributed by atoms with E-state index in [0.29, 0.717) is 22.0 Å². The maximum absolute atomic E-state index is 14.9. The average molecular weight is 381 g/mol. The largest absolute Gasteiger partial charge is 0.476 e. The Morgan fingerprint density at radius 2 is 2.04 bits per heavy atom. The van der Waals surface area contributed by atoms with Crippen molar-refractivity contribution in [1.29, 1.82) is 0 Å². The summed E-state index contributed by atoms with van der Waals surface area (Å²) < 4.78 is 29.4. The fourth-order valence-corrected chi connectivity index (χ4v) is 4.42. The van der Waals surface area contributed by atoms with Gasteiger partial charge in [0.1, 0.15) is 12.3 Å². The van der Waals surface area contributed by atoms with E-state index in [2.05, 4.69) is 26.4 Å². The van der Waals surface area contributed by atoms with Crippen LogP contribution in [-0.2, 0) is 0 Å². The van der Waals surface area contributed by atoms with Crippen LogP contribution < -0.4 is 16.4 Å². The van der Waals surface area contributed by atoms with Crippen LogP contribution >= 0.6 is 11.3 Å². The van der Waals surface area contributed by atoms with Crippen molar-refractivity contribution in [2.75, 3.05) is 0 Å². The van der Waals surface area contributed by atoms with E-state index in [-0.39, 0.29) is 11.4 Å². The normalized spacial score (nSPS) is 31.0. The molecule has 1 saturated heterocycles. The number of alkyl halides is 2. The van der Waals surface area contributed by atoms with Gasteiger partial charge in [-0.1, -0.05) is 6.07 Å². The fourth-order valence-electron chi connectivity index (χ4n) is 3.54. The van der Waals surface area contributed by atoms with Crippen LogP contribution in [-0.4, -0.2) is 45.5 Å². The van der Waals surface area contributed by atoms with Gasteiger partial charge in [0.05, 0.1) is 28.3 Å². The van der Waals surface area contributed by atoms with E-state index in [1.807, 2.05) is 0 Å². The van der Waals surface area contributed by atoms with Gasteiger partial charge in [-0.15, -0.1) is 11.3 Å². The van der Waals surface area contributed by atoms with Crippen molar-refractivity contribution in [3.63, 3.8) is 0 Å². The van der Waals surface area contributed by atoms with Crippen LogP contribution in [0.4, 0.5) is 8.78 Å². The number of hydrogen-bond donors (Lipinski definition) is 4. The Morgan fingerprint density at radius 3 is 2.77 bits per heavy atom. The molecule has 4 N–H and O–H groups in total. The molecule has 2 fully saturated rings. The summed E-state index contributed by atoms with van der Waals surface area (Å²) >= 11 is 1.02. The second-order valence-electron chi connectivity index (χ2n) is 6.45. The first-order valence-electron chi connectivity index (χ1n) is 8.18.